The maximum Gasteiger partial charge on any atom is 0.398 e. The fourth-order valence-electron chi connectivity index (χ4n) is 0.910. The van der Waals surface area contributed by atoms with Gasteiger partial charge in [0.05, 0.1) is 21.5 Å². The molecule has 0 spiro atoms. The summed E-state index contributed by atoms with van der Waals surface area (Å²) in [6, 6.07) is 2.74. The van der Waals surface area contributed by atoms with Crippen LogP contribution >= 0.6 is 35.0 Å². The van der Waals surface area contributed by atoms with Gasteiger partial charge < -0.3 is 0 Å². The van der Waals surface area contributed by atoms with Crippen molar-refractivity contribution in [1.29, 1.82) is 0 Å². The first kappa shape index (κ1) is 13.7. The third-order valence-electron chi connectivity index (χ3n) is 1.56. The van der Waals surface area contributed by atoms with E-state index in [-0.39, 0.29) is 14.9 Å². The average molecular weight is 288 g/mol. The minimum absolute atomic E-state index is 0.173. The molecule has 1 aromatic carbocycles. The minimum atomic E-state index is -4.24. The molecule has 0 atom stereocenters. The van der Waals surface area contributed by atoms with Crippen molar-refractivity contribution in [1.82, 2.24) is 0 Å². The van der Waals surface area contributed by atoms with Gasteiger partial charge in [0.15, 0.2) is 0 Å². The van der Waals surface area contributed by atoms with E-state index in [4.69, 9.17) is 23.2 Å². The van der Waals surface area contributed by atoms with Crippen molar-refractivity contribution in [2.24, 2.45) is 4.99 Å². The third-order valence-corrected chi connectivity index (χ3v) is 3.41. The minimum Gasteiger partial charge on any atom is -0.263 e. The van der Waals surface area contributed by atoms with E-state index in [0.717, 1.165) is 0 Å². The lowest BCUT2D eigenvalue weighted by Crippen LogP contribution is -2.10. The van der Waals surface area contributed by atoms with Crippen molar-refractivity contribution in [3.05, 3.63) is 22.2 Å². The van der Waals surface area contributed by atoms with Crippen LogP contribution in [0.3, 0.4) is 0 Å². The number of thioether (sulfide) groups is 1. The molecule has 0 radical (unpaired) electrons. The molecule has 7 heteroatoms. The number of alkyl halides is 3. The van der Waals surface area contributed by atoms with Crippen LogP contribution in [-0.4, -0.2) is 18.6 Å². The summed E-state index contributed by atoms with van der Waals surface area (Å²) in [4.78, 5) is 3.86. The van der Waals surface area contributed by atoms with Gasteiger partial charge in [-0.25, -0.2) is 0 Å². The molecule has 0 N–H and O–H groups in total. The molecule has 0 aliphatic heterocycles. The molecular weight excluding hydrogens is 282 g/mol. The molecule has 0 aromatic heterocycles. The van der Waals surface area contributed by atoms with Crippen LogP contribution in [0.15, 0.2) is 22.0 Å². The highest BCUT2D eigenvalue weighted by Gasteiger charge is 2.27. The van der Waals surface area contributed by atoms with E-state index < -0.39 is 11.9 Å². The van der Waals surface area contributed by atoms with Gasteiger partial charge in [0.1, 0.15) is 0 Å². The van der Waals surface area contributed by atoms with Crippen LogP contribution in [0, 0.1) is 0 Å². The molecule has 0 aliphatic rings. The van der Waals surface area contributed by atoms with Crippen molar-refractivity contribution >= 4 is 47.4 Å². The molecule has 88 valence electrons. The number of nitrogens with zero attached hydrogens (tertiary/aromatic N) is 1. The Bertz CT molecular complexity index is 406. The van der Waals surface area contributed by atoms with E-state index in [1.54, 1.807) is 0 Å². The van der Waals surface area contributed by atoms with Gasteiger partial charge in [0.2, 0.25) is 0 Å². The zero-order valence-electron chi connectivity index (χ0n) is 7.81. The SMILES string of the molecule is C=Nc1cc(SCC(F)(F)F)c(Cl)cc1Cl. The van der Waals surface area contributed by atoms with E-state index in [1.165, 1.54) is 12.1 Å². The van der Waals surface area contributed by atoms with Gasteiger partial charge in [-0.05, 0) is 18.9 Å². The van der Waals surface area contributed by atoms with E-state index in [9.17, 15) is 13.2 Å². The lowest BCUT2D eigenvalue weighted by molar-refractivity contribution is -0.105. The first-order chi connectivity index (χ1) is 7.33. The number of benzene rings is 1. The normalized spacial score (nSPS) is 11.6. The predicted octanol–water partition coefficient (Wildman–Crippen LogP) is 4.98. The van der Waals surface area contributed by atoms with E-state index in [0.29, 0.717) is 17.4 Å². The zero-order valence-corrected chi connectivity index (χ0v) is 10.1. The smallest absolute Gasteiger partial charge is 0.263 e. The summed E-state index contributed by atoms with van der Waals surface area (Å²) in [5.74, 6) is -1.01. The van der Waals surface area contributed by atoms with Crippen LogP contribution in [-0.2, 0) is 0 Å². The molecular formula is C9H6Cl2F3NS. The lowest BCUT2D eigenvalue weighted by atomic mass is 10.3. The third kappa shape index (κ3) is 3.88. The second kappa shape index (κ2) is 5.29. The van der Waals surface area contributed by atoms with Crippen LogP contribution in [0.5, 0.6) is 0 Å². The van der Waals surface area contributed by atoms with Gasteiger partial charge >= 0.3 is 6.18 Å². The van der Waals surface area contributed by atoms with Crippen molar-refractivity contribution in [3.8, 4) is 0 Å². The predicted molar refractivity (Wildman–Crippen MR) is 62.5 cm³/mol. The fraction of sp³-hybridized carbons (Fsp3) is 0.222. The van der Waals surface area contributed by atoms with Gasteiger partial charge in [-0.15, -0.1) is 11.8 Å². The molecule has 0 saturated heterocycles. The number of rotatable bonds is 3. The van der Waals surface area contributed by atoms with Crippen molar-refractivity contribution in [2.75, 3.05) is 5.75 Å². The Balaban J connectivity index is 2.92. The topological polar surface area (TPSA) is 12.4 Å². The Labute approximate surface area is 105 Å². The molecule has 0 heterocycles. The first-order valence-electron chi connectivity index (χ1n) is 3.99. The number of aliphatic imine (C=N–C) groups is 1. The van der Waals surface area contributed by atoms with E-state index >= 15 is 0 Å². The molecule has 1 nitrogen and oxygen atoms in total. The molecule has 0 fully saturated rings. The quantitative estimate of drug-likeness (QED) is 0.564. The number of hydrogen-bond acceptors (Lipinski definition) is 2. The van der Waals surface area contributed by atoms with Crippen molar-refractivity contribution < 1.29 is 13.2 Å². The molecule has 0 amide bonds. The lowest BCUT2D eigenvalue weighted by Gasteiger charge is -2.08. The highest BCUT2D eigenvalue weighted by atomic mass is 35.5. The van der Waals surface area contributed by atoms with Crippen LogP contribution in [0.1, 0.15) is 0 Å². The first-order valence-corrected chi connectivity index (χ1v) is 5.73. The summed E-state index contributed by atoms with van der Waals surface area (Å²) in [6.07, 6.45) is -4.24. The molecule has 0 aliphatic carbocycles. The van der Waals surface area contributed by atoms with E-state index in [1.807, 2.05) is 0 Å². The van der Waals surface area contributed by atoms with Gasteiger partial charge in [0, 0.05) is 4.90 Å². The number of halogens is 5. The molecule has 0 unspecified atom stereocenters. The summed E-state index contributed by atoms with van der Waals surface area (Å²) >= 11 is 12.1. The maximum atomic E-state index is 12.0. The summed E-state index contributed by atoms with van der Waals surface area (Å²) < 4.78 is 36.0. The fourth-order valence-corrected chi connectivity index (χ4v) is 2.23. The van der Waals surface area contributed by atoms with Gasteiger partial charge in [-0.3, -0.25) is 4.99 Å². The Morgan fingerprint density at radius 1 is 1.25 bits per heavy atom. The number of hydrogen-bond donors (Lipinski definition) is 0. The van der Waals surface area contributed by atoms with Gasteiger partial charge in [-0.1, -0.05) is 23.2 Å². The summed E-state index contributed by atoms with van der Waals surface area (Å²) in [5, 5.41) is 0.433. The monoisotopic (exact) mass is 287 g/mol. The van der Waals surface area contributed by atoms with Crippen LogP contribution < -0.4 is 0 Å². The second-order valence-electron chi connectivity index (χ2n) is 2.80. The Morgan fingerprint density at radius 3 is 2.38 bits per heavy atom. The standard InChI is InChI=1S/C9H6Cl2F3NS/c1-15-7-3-8(6(11)2-5(7)10)16-4-9(12,13)14/h2-3H,1,4H2. The molecule has 0 saturated carbocycles. The molecule has 1 aromatic rings. The van der Waals surface area contributed by atoms with E-state index in [2.05, 4.69) is 11.7 Å². The van der Waals surface area contributed by atoms with Crippen molar-refractivity contribution in [3.63, 3.8) is 0 Å². The Hall–Kier alpha value is -0.390. The second-order valence-corrected chi connectivity index (χ2v) is 4.63. The van der Waals surface area contributed by atoms with Gasteiger partial charge in [0.25, 0.3) is 0 Å². The largest absolute Gasteiger partial charge is 0.398 e. The maximum absolute atomic E-state index is 12.0. The van der Waals surface area contributed by atoms with Crippen LogP contribution in [0.2, 0.25) is 10.0 Å². The summed E-state index contributed by atoms with van der Waals surface area (Å²) in [6.45, 7) is 3.26. The highest BCUT2D eigenvalue weighted by molar-refractivity contribution is 7.99. The summed E-state index contributed by atoms with van der Waals surface area (Å²) in [5.41, 5.74) is 0.316. The zero-order chi connectivity index (χ0) is 12.3. The Kier molecular flexibility index (Phi) is 4.52. The molecule has 1 rings (SSSR count). The molecule has 16 heavy (non-hydrogen) atoms. The molecule has 0 bridgehead atoms. The van der Waals surface area contributed by atoms with Crippen molar-refractivity contribution in [2.45, 2.75) is 11.1 Å². The average Bonchev–Trinajstić information content (AvgIpc) is 2.15. The summed E-state index contributed by atoms with van der Waals surface area (Å²) in [7, 11) is 0. The highest BCUT2D eigenvalue weighted by Crippen LogP contribution is 2.38. The van der Waals surface area contributed by atoms with Crippen LogP contribution in [0.4, 0.5) is 18.9 Å². The van der Waals surface area contributed by atoms with Gasteiger partial charge in [-0.2, -0.15) is 13.2 Å². The Morgan fingerprint density at radius 2 is 1.88 bits per heavy atom. The van der Waals surface area contributed by atoms with Crippen LogP contribution in [0.25, 0.3) is 0 Å².